The zero-order chi connectivity index (χ0) is 43.3. The van der Waals surface area contributed by atoms with Gasteiger partial charge in [0.15, 0.2) is 0 Å². The number of aliphatic carboxylic acids is 1. The second kappa shape index (κ2) is 18.6. The molecule has 0 saturated carbocycles. The predicted octanol–water partition coefficient (Wildman–Crippen LogP) is 2.27. The van der Waals surface area contributed by atoms with Crippen LogP contribution >= 0.6 is 0 Å². The molecule has 6 amide bonds. The topological polar surface area (TPSA) is 217 Å². The Bertz CT molecular complexity index is 2300. The van der Waals surface area contributed by atoms with Gasteiger partial charge >= 0.3 is 12.0 Å². The number of benzene rings is 1. The molecule has 7 heterocycles. The Morgan fingerprint density at radius 2 is 1.58 bits per heavy atom. The van der Waals surface area contributed by atoms with E-state index in [1.807, 2.05) is 48.2 Å². The van der Waals surface area contributed by atoms with E-state index in [9.17, 15) is 28.8 Å². The number of fused-ring (bicyclic) bond motifs is 2. The Hall–Kier alpha value is -6.59. The number of hydrogen-bond acceptors (Lipinski definition) is 10. The lowest BCUT2D eigenvalue weighted by molar-refractivity contribution is -0.145. The minimum atomic E-state index is -1.18. The standard InChI is InChI=1S/C44H53N11O7/c1-28-21-30(22-31-27-47-50-41(28)31)24-35(49-44(62)54-15-8-33(9-16-54)55-37-3-2-10-46-34(37)25-39(55)57)42(60)48-36(23-29-6-13-52(14-7-29)38(56)26-40(58)59)43(61)53-19-17-51(18-20-53)32-4-11-45-12-5-32/h2-5,10-12,21-22,27,29,33,35-36H,6-9,13-20,23-26H2,1H3,(H,47,50)(H,48,60)(H,49,62)(H,58,59)/t35-,36+/m1/s1. The maximum Gasteiger partial charge on any atom is 0.318 e. The first kappa shape index (κ1) is 42.1. The van der Waals surface area contributed by atoms with Crippen molar-refractivity contribution in [3.8, 4) is 0 Å². The van der Waals surface area contributed by atoms with E-state index in [0.29, 0.717) is 84.5 Å². The number of carboxylic acids is 1. The Balaban J connectivity index is 0.985. The number of urea groups is 1. The third-order valence-electron chi connectivity index (χ3n) is 12.8. The van der Waals surface area contributed by atoms with Gasteiger partial charge in [-0.05, 0) is 86.4 Å². The molecule has 18 nitrogen and oxygen atoms in total. The summed E-state index contributed by atoms with van der Waals surface area (Å²) in [5.41, 5.74) is 5.21. The number of aryl methyl sites for hydroxylation is 1. The molecule has 62 heavy (non-hydrogen) atoms. The summed E-state index contributed by atoms with van der Waals surface area (Å²) in [6, 6.07) is 9.04. The number of carbonyl (C=O) groups is 6. The number of aromatic nitrogens is 4. The number of aromatic amines is 1. The molecule has 2 atom stereocenters. The van der Waals surface area contributed by atoms with Gasteiger partial charge in [-0.3, -0.25) is 39.0 Å². The maximum absolute atomic E-state index is 14.7. The van der Waals surface area contributed by atoms with Crippen LogP contribution in [0.15, 0.2) is 61.2 Å². The predicted molar refractivity (Wildman–Crippen MR) is 228 cm³/mol. The van der Waals surface area contributed by atoms with Crippen LogP contribution < -0.4 is 20.4 Å². The number of H-pyrrole nitrogens is 1. The Kier molecular flexibility index (Phi) is 12.6. The lowest BCUT2D eigenvalue weighted by Gasteiger charge is -2.39. The average Bonchev–Trinajstić information content (AvgIpc) is 3.90. The number of piperidine rings is 2. The molecule has 3 aromatic heterocycles. The molecule has 4 N–H and O–H groups in total. The lowest BCUT2D eigenvalue weighted by atomic mass is 9.89. The van der Waals surface area contributed by atoms with Crippen molar-refractivity contribution in [2.24, 2.45) is 5.92 Å². The summed E-state index contributed by atoms with van der Waals surface area (Å²) < 4.78 is 0. The number of anilines is 2. The number of rotatable bonds is 12. The summed E-state index contributed by atoms with van der Waals surface area (Å²) in [5.74, 6) is -2.35. The van der Waals surface area contributed by atoms with Gasteiger partial charge in [-0.25, -0.2) is 4.79 Å². The number of likely N-dealkylation sites (tertiary alicyclic amines) is 2. The highest BCUT2D eigenvalue weighted by Gasteiger charge is 2.38. The summed E-state index contributed by atoms with van der Waals surface area (Å²) in [6.07, 6.45) is 9.24. The fourth-order valence-corrected chi connectivity index (χ4v) is 9.44. The van der Waals surface area contributed by atoms with Crippen LogP contribution in [0.25, 0.3) is 10.9 Å². The van der Waals surface area contributed by atoms with E-state index < -0.39 is 42.3 Å². The average molecular weight is 848 g/mol. The molecule has 4 aliphatic rings. The highest BCUT2D eigenvalue weighted by atomic mass is 16.4. The fraction of sp³-hybridized carbons (Fsp3) is 0.477. The second-order valence-electron chi connectivity index (χ2n) is 16.8. The number of carboxylic acid groups (broad SMARTS) is 1. The normalized spacial score (nSPS) is 18.4. The van der Waals surface area contributed by atoms with Gasteiger partial charge in [-0.2, -0.15) is 5.10 Å². The van der Waals surface area contributed by atoms with Gasteiger partial charge in [-0.15, -0.1) is 0 Å². The Morgan fingerprint density at radius 3 is 2.31 bits per heavy atom. The molecular weight excluding hydrogens is 795 g/mol. The summed E-state index contributed by atoms with van der Waals surface area (Å²) in [6.45, 7) is 5.51. The van der Waals surface area contributed by atoms with Crippen LogP contribution in [-0.4, -0.2) is 146 Å². The summed E-state index contributed by atoms with van der Waals surface area (Å²) in [7, 11) is 0. The van der Waals surface area contributed by atoms with E-state index in [2.05, 4.69) is 35.7 Å². The molecule has 0 aliphatic carbocycles. The van der Waals surface area contributed by atoms with Gasteiger partial charge in [0, 0.05) is 94.5 Å². The molecular formula is C44H53N11O7. The maximum atomic E-state index is 14.7. The molecule has 1 aromatic carbocycles. The number of amides is 6. The molecule has 18 heteroatoms. The van der Waals surface area contributed by atoms with Crippen LogP contribution in [0.1, 0.15) is 55.3 Å². The largest absolute Gasteiger partial charge is 0.481 e. The molecule has 326 valence electrons. The third kappa shape index (κ3) is 9.48. The third-order valence-corrected chi connectivity index (χ3v) is 12.8. The molecule has 0 radical (unpaired) electrons. The first-order chi connectivity index (χ1) is 30.0. The quantitative estimate of drug-likeness (QED) is 0.152. The highest BCUT2D eigenvalue weighted by Crippen LogP contribution is 2.32. The Labute approximate surface area is 359 Å². The summed E-state index contributed by atoms with van der Waals surface area (Å²) in [4.78, 5) is 97.5. The van der Waals surface area contributed by atoms with Crippen LogP contribution in [0.5, 0.6) is 0 Å². The van der Waals surface area contributed by atoms with Crippen LogP contribution in [0.2, 0.25) is 0 Å². The van der Waals surface area contributed by atoms with E-state index in [0.717, 1.165) is 39.1 Å². The van der Waals surface area contributed by atoms with Crippen molar-refractivity contribution in [1.82, 2.24) is 45.5 Å². The van der Waals surface area contributed by atoms with E-state index in [1.54, 1.807) is 39.5 Å². The van der Waals surface area contributed by atoms with Crippen LogP contribution in [0, 0.1) is 12.8 Å². The zero-order valence-electron chi connectivity index (χ0n) is 34.9. The van der Waals surface area contributed by atoms with Gasteiger partial charge in [-0.1, -0.05) is 6.07 Å². The number of nitrogens with zero attached hydrogens (tertiary/aromatic N) is 8. The van der Waals surface area contributed by atoms with Crippen molar-refractivity contribution in [2.75, 3.05) is 62.2 Å². The van der Waals surface area contributed by atoms with Gasteiger partial charge in [0.25, 0.3) is 0 Å². The van der Waals surface area contributed by atoms with Crippen molar-refractivity contribution in [2.45, 2.75) is 76.4 Å². The van der Waals surface area contributed by atoms with Gasteiger partial charge in [0.2, 0.25) is 23.6 Å². The molecule has 4 aromatic rings. The van der Waals surface area contributed by atoms with E-state index >= 15 is 0 Å². The highest BCUT2D eigenvalue weighted by molar-refractivity contribution is 6.01. The van der Waals surface area contributed by atoms with Crippen molar-refractivity contribution >= 4 is 57.9 Å². The van der Waals surface area contributed by atoms with Crippen molar-refractivity contribution in [3.05, 3.63) is 78.0 Å². The smallest absolute Gasteiger partial charge is 0.318 e. The van der Waals surface area contributed by atoms with E-state index in [4.69, 9.17) is 5.11 Å². The monoisotopic (exact) mass is 847 g/mol. The van der Waals surface area contributed by atoms with Crippen molar-refractivity contribution < 1.29 is 33.9 Å². The molecule has 3 saturated heterocycles. The SMILES string of the molecule is Cc1cc(C[C@@H](NC(=O)N2CCC(N3C(=O)Cc4ncccc43)CC2)C(=O)N[C@@H](CC2CCN(C(=O)CC(=O)O)CC2)C(=O)N2CCN(c3ccncc3)CC2)cc2cn[nH]c12. The Morgan fingerprint density at radius 1 is 0.855 bits per heavy atom. The van der Waals surface area contributed by atoms with Crippen molar-refractivity contribution in [1.29, 1.82) is 0 Å². The van der Waals surface area contributed by atoms with E-state index in [-0.39, 0.29) is 36.6 Å². The minimum Gasteiger partial charge on any atom is -0.481 e. The summed E-state index contributed by atoms with van der Waals surface area (Å²) >= 11 is 0. The molecule has 3 fully saturated rings. The van der Waals surface area contributed by atoms with Crippen molar-refractivity contribution in [3.63, 3.8) is 0 Å². The molecule has 4 aliphatic heterocycles. The lowest BCUT2D eigenvalue weighted by Crippen LogP contribution is -2.59. The minimum absolute atomic E-state index is 0.000162. The van der Waals surface area contributed by atoms with Gasteiger partial charge in [0.1, 0.15) is 18.5 Å². The number of pyridine rings is 2. The van der Waals surface area contributed by atoms with Crippen LogP contribution in [-0.2, 0) is 36.8 Å². The zero-order valence-corrected chi connectivity index (χ0v) is 34.9. The van der Waals surface area contributed by atoms with Crippen LogP contribution in [0.3, 0.4) is 0 Å². The molecule has 0 spiro atoms. The fourth-order valence-electron chi connectivity index (χ4n) is 9.44. The molecule has 8 rings (SSSR count). The number of piperazine rings is 1. The molecule has 0 unspecified atom stereocenters. The van der Waals surface area contributed by atoms with Crippen LogP contribution in [0.4, 0.5) is 16.2 Å². The first-order valence-electron chi connectivity index (χ1n) is 21.5. The summed E-state index contributed by atoms with van der Waals surface area (Å²) in [5, 5.41) is 23.3. The van der Waals surface area contributed by atoms with Gasteiger partial charge in [0.05, 0.1) is 29.5 Å². The number of carbonyl (C=O) groups excluding carboxylic acids is 5. The molecule has 0 bridgehead atoms. The number of hydrogen-bond donors (Lipinski definition) is 4. The van der Waals surface area contributed by atoms with Gasteiger partial charge < -0.3 is 40.2 Å². The van der Waals surface area contributed by atoms with E-state index in [1.165, 1.54) is 0 Å². The first-order valence-corrected chi connectivity index (χ1v) is 21.5. The second-order valence-corrected chi connectivity index (χ2v) is 16.8. The number of nitrogens with one attached hydrogen (secondary N) is 3.